The molecule has 1 saturated heterocycles. The van der Waals surface area contributed by atoms with Gasteiger partial charge in [-0.1, -0.05) is 30.3 Å². The summed E-state index contributed by atoms with van der Waals surface area (Å²) in [6.07, 6.45) is 1.47. The second-order valence-corrected chi connectivity index (χ2v) is 11.0. The molecule has 2 aliphatic rings. The zero-order chi connectivity index (χ0) is 25.4. The smallest absolute Gasteiger partial charge is 0.410 e. The van der Waals surface area contributed by atoms with Gasteiger partial charge in [-0.15, -0.1) is 0 Å². The maximum atomic E-state index is 13.3. The lowest BCUT2D eigenvalue weighted by atomic mass is 10.0. The molecule has 0 bridgehead atoms. The molecule has 1 aliphatic heterocycles. The molecule has 2 fully saturated rings. The standard InChI is InChI=1S/C29H34N2O5/c1-18-26(24-14-23(10-11-25(24)35-18)34-17-19-8-6-5-7-9-19)27(32)30-22-12-20-15-31(16-21(20)13-22)28(33)36-29(2,3)4/h5-11,14,20-22H,12-13,15-17H2,1-4H3,(H,30,32). The summed E-state index contributed by atoms with van der Waals surface area (Å²) in [5.41, 5.74) is 1.81. The van der Waals surface area contributed by atoms with Crippen molar-refractivity contribution in [2.75, 3.05) is 13.1 Å². The predicted molar refractivity (Wildman–Crippen MR) is 137 cm³/mol. The number of benzene rings is 2. The Morgan fingerprint density at radius 1 is 1.06 bits per heavy atom. The highest BCUT2D eigenvalue weighted by Crippen LogP contribution is 2.39. The first-order valence-corrected chi connectivity index (χ1v) is 12.6. The fourth-order valence-electron chi connectivity index (χ4n) is 5.46. The number of furan rings is 1. The lowest BCUT2D eigenvalue weighted by Gasteiger charge is -2.25. The van der Waals surface area contributed by atoms with E-state index in [1.165, 1.54) is 0 Å². The molecule has 7 heteroatoms. The van der Waals surface area contributed by atoms with Gasteiger partial charge in [0, 0.05) is 24.5 Å². The summed E-state index contributed by atoms with van der Waals surface area (Å²) in [5.74, 6) is 1.92. The Hall–Kier alpha value is -3.48. The van der Waals surface area contributed by atoms with E-state index in [9.17, 15) is 9.59 Å². The Labute approximate surface area is 211 Å². The number of carbonyl (C=O) groups is 2. The first kappa shape index (κ1) is 24.2. The van der Waals surface area contributed by atoms with Crippen LogP contribution in [0, 0.1) is 18.8 Å². The van der Waals surface area contributed by atoms with Crippen molar-refractivity contribution < 1.29 is 23.5 Å². The molecule has 190 valence electrons. The summed E-state index contributed by atoms with van der Waals surface area (Å²) < 4.78 is 17.4. The summed E-state index contributed by atoms with van der Waals surface area (Å²) in [7, 11) is 0. The Morgan fingerprint density at radius 2 is 1.75 bits per heavy atom. The molecule has 2 amide bonds. The number of aryl methyl sites for hydroxylation is 1. The third kappa shape index (κ3) is 5.20. The Balaban J connectivity index is 1.22. The Kier molecular flexibility index (Phi) is 6.41. The van der Waals surface area contributed by atoms with Crippen molar-refractivity contribution in [2.24, 2.45) is 11.8 Å². The van der Waals surface area contributed by atoms with Crippen LogP contribution in [0.5, 0.6) is 5.75 Å². The lowest BCUT2D eigenvalue weighted by Crippen LogP contribution is -2.38. The average molecular weight is 491 g/mol. The third-order valence-corrected chi connectivity index (χ3v) is 7.05. The lowest BCUT2D eigenvalue weighted by molar-refractivity contribution is 0.0278. The number of hydrogen-bond acceptors (Lipinski definition) is 5. The molecule has 2 atom stereocenters. The molecular formula is C29H34N2O5. The molecule has 5 rings (SSSR count). The molecule has 2 unspecified atom stereocenters. The second kappa shape index (κ2) is 9.52. The molecule has 2 heterocycles. The van der Waals surface area contributed by atoms with Gasteiger partial charge in [-0.25, -0.2) is 4.79 Å². The van der Waals surface area contributed by atoms with Crippen LogP contribution in [0.4, 0.5) is 4.79 Å². The van der Waals surface area contributed by atoms with Crippen molar-refractivity contribution in [1.29, 1.82) is 0 Å². The zero-order valence-corrected chi connectivity index (χ0v) is 21.4. The van der Waals surface area contributed by atoms with Crippen LogP contribution in [0.15, 0.2) is 52.9 Å². The number of nitrogens with one attached hydrogen (secondary N) is 1. The van der Waals surface area contributed by atoms with Gasteiger partial charge in [-0.05, 0) is 76.1 Å². The van der Waals surface area contributed by atoms with Crippen LogP contribution in [0.25, 0.3) is 11.0 Å². The van der Waals surface area contributed by atoms with Crippen LogP contribution in [0.1, 0.15) is 55.3 Å². The van der Waals surface area contributed by atoms with Gasteiger partial charge >= 0.3 is 6.09 Å². The number of rotatable bonds is 5. The van der Waals surface area contributed by atoms with E-state index in [4.69, 9.17) is 13.9 Å². The van der Waals surface area contributed by atoms with Crippen molar-refractivity contribution in [2.45, 2.75) is 58.8 Å². The zero-order valence-electron chi connectivity index (χ0n) is 21.4. The first-order chi connectivity index (χ1) is 17.2. The highest BCUT2D eigenvalue weighted by atomic mass is 16.6. The van der Waals surface area contributed by atoms with Gasteiger partial charge in [0.2, 0.25) is 0 Å². The van der Waals surface area contributed by atoms with Gasteiger partial charge in [0.15, 0.2) is 0 Å². The van der Waals surface area contributed by atoms with E-state index >= 15 is 0 Å². The van der Waals surface area contributed by atoms with Crippen molar-refractivity contribution >= 4 is 23.0 Å². The van der Waals surface area contributed by atoms with Gasteiger partial charge in [0.1, 0.15) is 29.3 Å². The maximum Gasteiger partial charge on any atom is 0.410 e. The van der Waals surface area contributed by atoms with E-state index in [1.807, 2.05) is 81.1 Å². The highest BCUT2D eigenvalue weighted by molar-refractivity contribution is 6.07. The molecule has 7 nitrogen and oxygen atoms in total. The fraction of sp³-hybridized carbons (Fsp3) is 0.448. The van der Waals surface area contributed by atoms with Crippen LogP contribution in [-0.2, 0) is 11.3 Å². The molecule has 3 aromatic rings. The van der Waals surface area contributed by atoms with E-state index in [0.717, 1.165) is 23.8 Å². The predicted octanol–water partition coefficient (Wildman–Crippen LogP) is 5.70. The van der Waals surface area contributed by atoms with Gasteiger partial charge in [0.25, 0.3) is 5.91 Å². The second-order valence-electron chi connectivity index (χ2n) is 11.0. The fourth-order valence-corrected chi connectivity index (χ4v) is 5.46. The number of nitrogens with zero attached hydrogens (tertiary/aromatic N) is 1. The average Bonchev–Trinajstić information content (AvgIpc) is 3.47. The topological polar surface area (TPSA) is 81.0 Å². The third-order valence-electron chi connectivity index (χ3n) is 7.05. The van der Waals surface area contributed by atoms with Gasteiger partial charge in [-0.3, -0.25) is 4.79 Å². The Bertz CT molecular complexity index is 1250. The molecule has 1 aromatic heterocycles. The van der Waals surface area contributed by atoms with Crippen molar-refractivity contribution in [3.63, 3.8) is 0 Å². The number of ether oxygens (including phenoxy) is 2. The summed E-state index contributed by atoms with van der Waals surface area (Å²) in [4.78, 5) is 27.6. The van der Waals surface area contributed by atoms with Crippen molar-refractivity contribution in [3.05, 3.63) is 65.4 Å². The van der Waals surface area contributed by atoms with Crippen molar-refractivity contribution in [3.8, 4) is 5.75 Å². The van der Waals surface area contributed by atoms with Gasteiger partial charge in [-0.2, -0.15) is 0 Å². The monoisotopic (exact) mass is 490 g/mol. The highest BCUT2D eigenvalue weighted by Gasteiger charge is 2.44. The van der Waals surface area contributed by atoms with E-state index in [2.05, 4.69) is 5.32 Å². The van der Waals surface area contributed by atoms with E-state index in [1.54, 1.807) is 0 Å². The van der Waals surface area contributed by atoms with Crippen LogP contribution >= 0.6 is 0 Å². The maximum absolute atomic E-state index is 13.3. The summed E-state index contributed by atoms with van der Waals surface area (Å²) in [5, 5.41) is 3.98. The first-order valence-electron chi connectivity index (χ1n) is 12.6. The number of carbonyl (C=O) groups excluding carboxylic acids is 2. The molecule has 0 radical (unpaired) electrons. The molecule has 1 aliphatic carbocycles. The van der Waals surface area contributed by atoms with Crippen LogP contribution in [-0.4, -0.2) is 41.6 Å². The van der Waals surface area contributed by atoms with Gasteiger partial charge < -0.3 is 24.1 Å². The van der Waals surface area contributed by atoms with Crippen LogP contribution in [0.3, 0.4) is 0 Å². The molecule has 1 saturated carbocycles. The minimum atomic E-state index is -0.497. The molecule has 1 N–H and O–H groups in total. The van der Waals surface area contributed by atoms with Gasteiger partial charge in [0.05, 0.1) is 5.56 Å². The normalized spacial score (nSPS) is 21.4. The van der Waals surface area contributed by atoms with E-state index in [-0.39, 0.29) is 18.0 Å². The summed E-state index contributed by atoms with van der Waals surface area (Å²) in [6, 6.07) is 15.7. The Morgan fingerprint density at radius 3 is 2.42 bits per heavy atom. The number of amides is 2. The summed E-state index contributed by atoms with van der Waals surface area (Å²) in [6.45, 7) is 9.29. The SMILES string of the molecule is Cc1oc2ccc(OCc3ccccc3)cc2c1C(=O)NC1CC2CN(C(=O)OC(C)(C)C)CC2C1. The molecule has 0 spiro atoms. The van der Waals surface area contributed by atoms with Crippen LogP contribution < -0.4 is 10.1 Å². The van der Waals surface area contributed by atoms with Crippen LogP contribution in [0.2, 0.25) is 0 Å². The minimum absolute atomic E-state index is 0.0788. The molecule has 36 heavy (non-hydrogen) atoms. The molecular weight excluding hydrogens is 456 g/mol. The largest absolute Gasteiger partial charge is 0.489 e. The summed E-state index contributed by atoms with van der Waals surface area (Å²) >= 11 is 0. The van der Waals surface area contributed by atoms with Crippen molar-refractivity contribution in [1.82, 2.24) is 10.2 Å². The van der Waals surface area contributed by atoms with E-state index in [0.29, 0.717) is 54.2 Å². The quantitative estimate of drug-likeness (QED) is 0.497. The number of hydrogen-bond donors (Lipinski definition) is 1. The minimum Gasteiger partial charge on any atom is -0.489 e. The van der Waals surface area contributed by atoms with E-state index < -0.39 is 5.60 Å². The number of fused-ring (bicyclic) bond motifs is 2. The number of likely N-dealkylation sites (tertiary alicyclic amines) is 1. The molecule has 2 aromatic carbocycles.